The lowest BCUT2D eigenvalue weighted by Gasteiger charge is -2.33. The summed E-state index contributed by atoms with van der Waals surface area (Å²) in [6, 6.07) is 10.4. The fourth-order valence-corrected chi connectivity index (χ4v) is 3.71. The topological polar surface area (TPSA) is 30.5 Å². The van der Waals surface area contributed by atoms with E-state index in [1.165, 1.54) is 6.07 Å². The Balaban J connectivity index is 0.00000420. The maximum absolute atomic E-state index is 13.9. The van der Waals surface area contributed by atoms with E-state index in [9.17, 15) is 4.39 Å². The van der Waals surface area contributed by atoms with Crippen LogP contribution in [0.1, 0.15) is 52.2 Å². The minimum Gasteiger partial charge on any atom is -0.493 e. The van der Waals surface area contributed by atoms with Crippen LogP contribution in [0.25, 0.3) is 0 Å². The molecule has 0 saturated heterocycles. The van der Waals surface area contributed by atoms with Crippen molar-refractivity contribution >= 4 is 24.0 Å². The molecule has 6 heteroatoms. The summed E-state index contributed by atoms with van der Waals surface area (Å²) in [4.78, 5) is 0. The van der Waals surface area contributed by atoms with Crippen LogP contribution in [0.5, 0.6) is 11.5 Å². The Morgan fingerprint density at radius 3 is 2.31 bits per heavy atom. The molecule has 0 aliphatic heterocycles. The van der Waals surface area contributed by atoms with Crippen molar-refractivity contribution in [1.29, 1.82) is 0 Å². The molecule has 0 aliphatic rings. The maximum Gasteiger partial charge on any atom is 0.161 e. The lowest BCUT2D eigenvalue weighted by Crippen LogP contribution is -2.41. The second-order valence-electron chi connectivity index (χ2n) is 8.95. The van der Waals surface area contributed by atoms with Crippen LogP contribution in [-0.2, 0) is 13.2 Å². The number of hydrogen-bond donors (Lipinski definition) is 1. The van der Waals surface area contributed by atoms with Gasteiger partial charge in [-0.15, -0.1) is 12.4 Å². The normalized spacial score (nSPS) is 11.7. The Kier molecular flexibility index (Phi) is 9.26. The Labute approximate surface area is 185 Å². The van der Waals surface area contributed by atoms with Crippen molar-refractivity contribution in [2.24, 2.45) is 5.41 Å². The minimum atomic E-state index is -0.381. The maximum atomic E-state index is 13.9. The summed E-state index contributed by atoms with van der Waals surface area (Å²) in [5, 5.41) is 3.96. The number of nitrogens with one attached hydrogen (secondary N) is 1. The average Bonchev–Trinajstić information content (AvgIpc) is 2.58. The third-order valence-corrected chi connectivity index (χ3v) is 4.76. The highest BCUT2D eigenvalue weighted by molar-refractivity contribution is 6.31. The summed E-state index contributed by atoms with van der Waals surface area (Å²) in [5.41, 5.74) is 1.69. The molecule has 0 bridgehead atoms. The van der Waals surface area contributed by atoms with Crippen molar-refractivity contribution in [3.05, 3.63) is 58.4 Å². The first-order chi connectivity index (χ1) is 13.0. The van der Waals surface area contributed by atoms with Crippen LogP contribution in [0, 0.1) is 11.2 Å². The molecule has 1 N–H and O–H groups in total. The van der Waals surface area contributed by atoms with Crippen LogP contribution in [0.15, 0.2) is 36.4 Å². The SMILES string of the molecule is COc1cc(CNC(C)(C)CC(C)(C)C)ccc1OCc1c(F)cccc1Cl.Cl. The van der Waals surface area contributed by atoms with E-state index in [-0.39, 0.29) is 35.8 Å². The predicted molar refractivity (Wildman–Crippen MR) is 121 cm³/mol. The molecule has 0 amide bonds. The van der Waals surface area contributed by atoms with Crippen molar-refractivity contribution in [2.45, 2.75) is 59.7 Å². The van der Waals surface area contributed by atoms with E-state index in [2.05, 4.69) is 39.9 Å². The van der Waals surface area contributed by atoms with E-state index in [0.717, 1.165) is 18.5 Å². The predicted octanol–water partition coefficient (Wildman–Crippen LogP) is 6.79. The number of benzene rings is 2. The standard InChI is InChI=1S/C23H31ClFNO2.ClH/c1-22(2,3)15-23(4,5)26-13-16-10-11-20(21(12-16)27-6)28-14-17-18(24)8-7-9-19(17)25;/h7-12,26H,13-15H2,1-6H3;1H. The quantitative estimate of drug-likeness (QED) is 0.486. The zero-order chi connectivity index (χ0) is 20.9. The lowest BCUT2D eigenvalue weighted by atomic mass is 9.82. The van der Waals surface area contributed by atoms with Gasteiger partial charge in [-0.25, -0.2) is 4.39 Å². The zero-order valence-corrected chi connectivity index (χ0v) is 19.6. The molecule has 0 aliphatic carbocycles. The van der Waals surface area contributed by atoms with Gasteiger partial charge in [0.1, 0.15) is 12.4 Å². The smallest absolute Gasteiger partial charge is 0.161 e. The number of ether oxygens (including phenoxy) is 2. The van der Waals surface area contributed by atoms with Gasteiger partial charge in [-0.2, -0.15) is 0 Å². The van der Waals surface area contributed by atoms with Gasteiger partial charge in [0, 0.05) is 17.6 Å². The van der Waals surface area contributed by atoms with E-state index < -0.39 is 0 Å². The molecule has 0 heterocycles. The van der Waals surface area contributed by atoms with Gasteiger partial charge in [0.15, 0.2) is 11.5 Å². The summed E-state index contributed by atoms with van der Waals surface area (Å²) >= 11 is 6.06. The van der Waals surface area contributed by atoms with E-state index >= 15 is 0 Å². The minimum absolute atomic E-state index is 0. The highest BCUT2D eigenvalue weighted by Gasteiger charge is 2.24. The Hall–Kier alpha value is -1.49. The van der Waals surface area contributed by atoms with Crippen LogP contribution < -0.4 is 14.8 Å². The van der Waals surface area contributed by atoms with Crippen molar-refractivity contribution in [1.82, 2.24) is 5.32 Å². The van der Waals surface area contributed by atoms with Crippen LogP contribution in [0.3, 0.4) is 0 Å². The number of hydrogen-bond acceptors (Lipinski definition) is 3. The lowest BCUT2D eigenvalue weighted by molar-refractivity contribution is 0.240. The summed E-state index contributed by atoms with van der Waals surface area (Å²) in [6.45, 7) is 11.9. The Morgan fingerprint density at radius 1 is 1.03 bits per heavy atom. The molecule has 0 radical (unpaired) electrons. The summed E-state index contributed by atoms with van der Waals surface area (Å²) in [5.74, 6) is 0.785. The number of halogens is 3. The first-order valence-electron chi connectivity index (χ1n) is 9.48. The van der Waals surface area contributed by atoms with Gasteiger partial charge >= 0.3 is 0 Å². The van der Waals surface area contributed by atoms with Crippen molar-refractivity contribution in [2.75, 3.05) is 7.11 Å². The molecule has 0 spiro atoms. The first kappa shape index (κ1) is 25.5. The van der Waals surface area contributed by atoms with E-state index in [0.29, 0.717) is 22.1 Å². The zero-order valence-electron chi connectivity index (χ0n) is 18.1. The fraction of sp³-hybridized carbons (Fsp3) is 0.478. The summed E-state index contributed by atoms with van der Waals surface area (Å²) in [7, 11) is 1.60. The highest BCUT2D eigenvalue weighted by Crippen LogP contribution is 2.31. The Bertz CT molecular complexity index is 784. The second kappa shape index (κ2) is 10.5. The molecular formula is C23H32Cl2FNO2. The molecule has 0 fully saturated rings. The number of methoxy groups -OCH3 is 1. The number of rotatable bonds is 8. The van der Waals surface area contributed by atoms with Gasteiger partial charge in [-0.1, -0.05) is 44.5 Å². The van der Waals surface area contributed by atoms with Gasteiger partial charge in [0.2, 0.25) is 0 Å². The Morgan fingerprint density at radius 2 is 1.72 bits per heavy atom. The average molecular weight is 444 g/mol. The molecule has 2 aromatic rings. The van der Waals surface area contributed by atoms with Crippen LogP contribution in [0.2, 0.25) is 5.02 Å². The van der Waals surface area contributed by atoms with Gasteiger partial charge in [-0.05, 0) is 55.5 Å². The van der Waals surface area contributed by atoms with Crippen LogP contribution in [-0.4, -0.2) is 12.6 Å². The van der Waals surface area contributed by atoms with Gasteiger partial charge in [0.25, 0.3) is 0 Å². The molecule has 29 heavy (non-hydrogen) atoms. The van der Waals surface area contributed by atoms with Crippen molar-refractivity contribution in [3.63, 3.8) is 0 Å². The second-order valence-corrected chi connectivity index (χ2v) is 9.36. The van der Waals surface area contributed by atoms with E-state index in [4.69, 9.17) is 21.1 Å². The van der Waals surface area contributed by atoms with Crippen molar-refractivity contribution in [3.8, 4) is 11.5 Å². The van der Waals surface area contributed by atoms with Crippen LogP contribution in [0.4, 0.5) is 4.39 Å². The van der Waals surface area contributed by atoms with Gasteiger partial charge < -0.3 is 14.8 Å². The third kappa shape index (κ3) is 8.04. The molecule has 3 nitrogen and oxygen atoms in total. The van der Waals surface area contributed by atoms with Gasteiger partial charge in [-0.3, -0.25) is 0 Å². The highest BCUT2D eigenvalue weighted by atomic mass is 35.5. The van der Waals surface area contributed by atoms with Crippen molar-refractivity contribution < 1.29 is 13.9 Å². The molecule has 0 aromatic heterocycles. The molecule has 0 atom stereocenters. The molecule has 0 saturated carbocycles. The largest absolute Gasteiger partial charge is 0.493 e. The molecule has 162 valence electrons. The van der Waals surface area contributed by atoms with E-state index in [1.54, 1.807) is 19.2 Å². The molecule has 0 unspecified atom stereocenters. The van der Waals surface area contributed by atoms with Gasteiger partial charge in [0.05, 0.1) is 12.1 Å². The van der Waals surface area contributed by atoms with Crippen LogP contribution >= 0.6 is 24.0 Å². The monoisotopic (exact) mass is 443 g/mol. The third-order valence-electron chi connectivity index (χ3n) is 4.41. The summed E-state index contributed by atoms with van der Waals surface area (Å²) < 4.78 is 25.2. The summed E-state index contributed by atoms with van der Waals surface area (Å²) in [6.07, 6.45) is 1.06. The molecular weight excluding hydrogens is 412 g/mol. The molecule has 2 rings (SSSR count). The first-order valence-corrected chi connectivity index (χ1v) is 9.86. The van der Waals surface area contributed by atoms with E-state index in [1.807, 2.05) is 18.2 Å². The molecule has 2 aromatic carbocycles. The fourth-order valence-electron chi connectivity index (χ4n) is 3.49.